The van der Waals surface area contributed by atoms with Crippen molar-refractivity contribution >= 4 is 11.9 Å². The zero-order valence-electron chi connectivity index (χ0n) is 15.8. The zero-order chi connectivity index (χ0) is 18.2. The molecule has 0 rings (SSSR count). The predicted molar refractivity (Wildman–Crippen MR) is 98.0 cm³/mol. The van der Waals surface area contributed by atoms with Gasteiger partial charge < -0.3 is 9.84 Å². The van der Waals surface area contributed by atoms with Crippen LogP contribution in [0, 0.1) is 5.92 Å². The number of carboxylic acid groups (broad SMARTS) is 1. The first-order valence-electron chi connectivity index (χ1n) is 9.57. The average molecular weight is 341 g/mol. The number of hydrogen-bond donors (Lipinski definition) is 1. The summed E-state index contributed by atoms with van der Waals surface area (Å²) >= 11 is 0. The maximum Gasteiger partial charge on any atom is 0.331 e. The Bertz CT molecular complexity index is 361. The molecule has 140 valence electrons. The fourth-order valence-corrected chi connectivity index (χ4v) is 2.68. The second kappa shape index (κ2) is 15.2. The molecule has 1 N–H and O–H groups in total. The van der Waals surface area contributed by atoms with E-state index in [0.29, 0.717) is 0 Å². The number of hydrogen-bond acceptors (Lipinski definition) is 3. The van der Waals surface area contributed by atoms with E-state index in [1.165, 1.54) is 38.5 Å². The van der Waals surface area contributed by atoms with Gasteiger partial charge in [-0.25, -0.2) is 9.59 Å². The highest BCUT2D eigenvalue weighted by atomic mass is 16.5. The third kappa shape index (κ3) is 15.6. The summed E-state index contributed by atoms with van der Waals surface area (Å²) in [6.45, 7) is 6.65. The number of unbranched alkanes of at least 4 members (excludes halogenated alkanes) is 6. The smallest absolute Gasteiger partial charge is 0.331 e. The topological polar surface area (TPSA) is 63.6 Å². The lowest BCUT2D eigenvalue weighted by atomic mass is 10.0. The molecule has 0 aliphatic carbocycles. The molecule has 0 aliphatic heterocycles. The van der Waals surface area contributed by atoms with E-state index in [9.17, 15) is 9.59 Å². The van der Waals surface area contributed by atoms with Crippen LogP contribution in [0.15, 0.2) is 12.2 Å². The molecule has 0 bridgehead atoms. The summed E-state index contributed by atoms with van der Waals surface area (Å²) < 4.78 is 5.45. The van der Waals surface area contributed by atoms with E-state index >= 15 is 0 Å². The molecule has 0 saturated heterocycles. The van der Waals surface area contributed by atoms with Gasteiger partial charge in [-0.05, 0) is 31.6 Å². The van der Waals surface area contributed by atoms with Crippen LogP contribution in [-0.4, -0.2) is 23.1 Å². The van der Waals surface area contributed by atoms with Crippen LogP contribution in [0.3, 0.4) is 0 Å². The standard InChI is InChI=1S/C20H36O4/c1-4-5-6-7-10-13-18(14-11-8-9-12-17(2)3)24-20(23)16-15-19(21)22/h15-18H,4-14H2,1-3H3,(H,21,22)/b16-15-. The van der Waals surface area contributed by atoms with Gasteiger partial charge in [-0.3, -0.25) is 0 Å². The molecular weight excluding hydrogens is 304 g/mol. The quantitative estimate of drug-likeness (QED) is 0.243. The average Bonchev–Trinajstić information content (AvgIpc) is 2.51. The molecule has 1 unspecified atom stereocenters. The first kappa shape index (κ1) is 22.7. The Morgan fingerprint density at radius 3 is 1.96 bits per heavy atom. The van der Waals surface area contributed by atoms with Crippen LogP contribution in [0.5, 0.6) is 0 Å². The molecular formula is C20H36O4. The van der Waals surface area contributed by atoms with E-state index in [2.05, 4.69) is 20.8 Å². The minimum atomic E-state index is -1.13. The summed E-state index contributed by atoms with van der Waals surface area (Å²) in [6.07, 6.45) is 14.1. The third-order valence-electron chi connectivity index (χ3n) is 4.08. The normalized spacial score (nSPS) is 12.7. The maximum absolute atomic E-state index is 11.7. The molecule has 0 saturated carbocycles. The molecule has 0 aliphatic rings. The Labute approximate surface area is 147 Å². The Balaban J connectivity index is 4.17. The summed E-state index contributed by atoms with van der Waals surface area (Å²) in [7, 11) is 0. The van der Waals surface area contributed by atoms with Crippen LogP contribution in [0.4, 0.5) is 0 Å². The van der Waals surface area contributed by atoms with Crippen molar-refractivity contribution in [1.82, 2.24) is 0 Å². The molecule has 0 aromatic carbocycles. The number of rotatable bonds is 15. The second-order valence-electron chi connectivity index (χ2n) is 6.97. The van der Waals surface area contributed by atoms with Crippen molar-refractivity contribution in [2.24, 2.45) is 5.92 Å². The lowest BCUT2D eigenvalue weighted by Crippen LogP contribution is -2.17. The summed E-state index contributed by atoms with van der Waals surface area (Å²) in [4.78, 5) is 22.2. The van der Waals surface area contributed by atoms with Gasteiger partial charge in [-0.1, -0.05) is 65.7 Å². The number of carboxylic acids is 1. The fourth-order valence-electron chi connectivity index (χ4n) is 2.68. The van der Waals surface area contributed by atoms with Crippen molar-refractivity contribution < 1.29 is 19.4 Å². The van der Waals surface area contributed by atoms with Crippen molar-refractivity contribution in [3.63, 3.8) is 0 Å². The summed E-state index contributed by atoms with van der Waals surface area (Å²) in [5, 5.41) is 8.57. The van der Waals surface area contributed by atoms with Gasteiger partial charge in [0, 0.05) is 12.2 Å². The van der Waals surface area contributed by atoms with Crippen molar-refractivity contribution in [3.8, 4) is 0 Å². The molecule has 1 atom stereocenters. The molecule has 4 nitrogen and oxygen atoms in total. The highest BCUT2D eigenvalue weighted by Gasteiger charge is 2.13. The lowest BCUT2D eigenvalue weighted by Gasteiger charge is -2.17. The van der Waals surface area contributed by atoms with Gasteiger partial charge in [0.1, 0.15) is 6.10 Å². The summed E-state index contributed by atoms with van der Waals surface area (Å²) in [6, 6.07) is 0. The number of aliphatic carboxylic acids is 1. The van der Waals surface area contributed by atoms with E-state index < -0.39 is 11.9 Å². The maximum atomic E-state index is 11.7. The Hall–Kier alpha value is -1.32. The lowest BCUT2D eigenvalue weighted by molar-refractivity contribution is -0.144. The third-order valence-corrected chi connectivity index (χ3v) is 4.08. The van der Waals surface area contributed by atoms with Gasteiger partial charge in [-0.2, -0.15) is 0 Å². The molecule has 0 fully saturated rings. The molecule has 0 amide bonds. The van der Waals surface area contributed by atoms with Gasteiger partial charge in [0.05, 0.1) is 0 Å². The molecule has 4 heteroatoms. The fraction of sp³-hybridized carbons (Fsp3) is 0.800. The van der Waals surface area contributed by atoms with E-state index in [1.807, 2.05) is 0 Å². The van der Waals surface area contributed by atoms with Crippen LogP contribution >= 0.6 is 0 Å². The second-order valence-corrected chi connectivity index (χ2v) is 6.97. The monoisotopic (exact) mass is 340 g/mol. The number of carbonyl (C=O) groups excluding carboxylic acids is 1. The minimum Gasteiger partial charge on any atom is -0.478 e. The SMILES string of the molecule is CCCCCCCC(CCCCCC(C)C)OC(=O)/C=C\C(=O)O. The first-order valence-corrected chi connectivity index (χ1v) is 9.57. The van der Waals surface area contributed by atoms with Gasteiger partial charge in [-0.15, -0.1) is 0 Å². The number of esters is 1. The van der Waals surface area contributed by atoms with Gasteiger partial charge >= 0.3 is 11.9 Å². The summed E-state index contributed by atoms with van der Waals surface area (Å²) in [5.74, 6) is -0.937. The molecule has 0 aromatic rings. The number of carbonyl (C=O) groups is 2. The Morgan fingerprint density at radius 1 is 0.875 bits per heavy atom. The summed E-state index contributed by atoms with van der Waals surface area (Å²) in [5.41, 5.74) is 0. The number of ether oxygens (including phenoxy) is 1. The van der Waals surface area contributed by atoms with Crippen LogP contribution in [0.2, 0.25) is 0 Å². The highest BCUT2D eigenvalue weighted by molar-refractivity contribution is 5.90. The Kier molecular flexibility index (Phi) is 14.4. The minimum absolute atomic E-state index is 0.0865. The van der Waals surface area contributed by atoms with E-state index in [-0.39, 0.29) is 6.10 Å². The first-order chi connectivity index (χ1) is 11.5. The highest BCUT2D eigenvalue weighted by Crippen LogP contribution is 2.17. The van der Waals surface area contributed by atoms with Crippen LogP contribution < -0.4 is 0 Å². The predicted octanol–water partition coefficient (Wildman–Crippen LogP) is 5.51. The van der Waals surface area contributed by atoms with Crippen molar-refractivity contribution in [3.05, 3.63) is 12.2 Å². The van der Waals surface area contributed by atoms with Crippen LogP contribution in [0.1, 0.15) is 91.4 Å². The van der Waals surface area contributed by atoms with Gasteiger partial charge in [0.15, 0.2) is 0 Å². The molecule has 0 spiro atoms. The molecule has 0 radical (unpaired) electrons. The largest absolute Gasteiger partial charge is 0.478 e. The van der Waals surface area contributed by atoms with E-state index in [1.54, 1.807) is 0 Å². The van der Waals surface area contributed by atoms with Crippen molar-refractivity contribution in [1.29, 1.82) is 0 Å². The molecule has 24 heavy (non-hydrogen) atoms. The van der Waals surface area contributed by atoms with Crippen LogP contribution in [0.25, 0.3) is 0 Å². The van der Waals surface area contributed by atoms with Crippen LogP contribution in [-0.2, 0) is 14.3 Å². The van der Waals surface area contributed by atoms with Gasteiger partial charge in [0.25, 0.3) is 0 Å². The zero-order valence-corrected chi connectivity index (χ0v) is 15.8. The van der Waals surface area contributed by atoms with Crippen molar-refractivity contribution in [2.75, 3.05) is 0 Å². The van der Waals surface area contributed by atoms with E-state index in [0.717, 1.165) is 50.2 Å². The van der Waals surface area contributed by atoms with E-state index in [4.69, 9.17) is 9.84 Å². The van der Waals surface area contributed by atoms with Gasteiger partial charge in [0.2, 0.25) is 0 Å². The van der Waals surface area contributed by atoms with Crippen molar-refractivity contribution in [2.45, 2.75) is 97.5 Å². The molecule has 0 heterocycles. The Morgan fingerprint density at radius 2 is 1.42 bits per heavy atom. The molecule has 0 aromatic heterocycles.